The summed E-state index contributed by atoms with van der Waals surface area (Å²) in [4.78, 5) is 14.1. The summed E-state index contributed by atoms with van der Waals surface area (Å²) in [6.45, 7) is 6.57. The number of aliphatic hydroxyl groups is 1. The van der Waals surface area contributed by atoms with Crippen molar-refractivity contribution in [3.05, 3.63) is 113 Å². The molecule has 0 aromatic heterocycles. The number of aromatic hydroxyl groups is 2. The number of rotatable bonds is 13. The summed E-state index contributed by atoms with van der Waals surface area (Å²) >= 11 is 0. The van der Waals surface area contributed by atoms with E-state index < -0.39 is 6.10 Å². The molecule has 0 radical (unpaired) electrons. The van der Waals surface area contributed by atoms with E-state index >= 15 is 0 Å². The molecule has 2 aliphatic rings. The van der Waals surface area contributed by atoms with Crippen LogP contribution in [-0.4, -0.2) is 72.1 Å². The Morgan fingerprint density at radius 2 is 1.67 bits per heavy atom. The fraction of sp³-hybridized carbons (Fsp3) is 0.359. The van der Waals surface area contributed by atoms with Gasteiger partial charge in [-0.15, -0.1) is 0 Å². The number of nitrogens with one attached hydrogen (secondary N) is 2. The van der Waals surface area contributed by atoms with Gasteiger partial charge in [0, 0.05) is 29.5 Å². The molecule has 1 atom stereocenters. The average Bonchev–Trinajstić information content (AvgIpc) is 3.12. The number of ether oxygens (including phenoxy) is 2. The van der Waals surface area contributed by atoms with Gasteiger partial charge in [-0.3, -0.25) is 4.79 Å². The summed E-state index contributed by atoms with van der Waals surface area (Å²) in [7, 11) is 0. The van der Waals surface area contributed by atoms with Crippen LogP contribution in [0.15, 0.2) is 84.9 Å². The van der Waals surface area contributed by atoms with Crippen molar-refractivity contribution >= 4 is 11.6 Å². The van der Waals surface area contributed by atoms with E-state index in [0.29, 0.717) is 36.8 Å². The van der Waals surface area contributed by atoms with E-state index in [9.17, 15) is 20.1 Å². The number of phenolic OH excluding ortho intramolecular Hbond substituents is 2. The average molecular weight is 652 g/mol. The minimum Gasteiger partial charge on any atom is -0.508 e. The summed E-state index contributed by atoms with van der Waals surface area (Å²) in [5.41, 5.74) is 5.04. The Kier molecular flexibility index (Phi) is 10.5. The Morgan fingerprint density at radius 3 is 2.42 bits per heavy atom. The molecule has 1 fully saturated rings. The first-order valence-corrected chi connectivity index (χ1v) is 16.9. The summed E-state index contributed by atoms with van der Waals surface area (Å²) in [5.74, 6) is 1.02. The fourth-order valence-corrected chi connectivity index (χ4v) is 6.90. The van der Waals surface area contributed by atoms with Crippen molar-refractivity contribution in [3.63, 3.8) is 0 Å². The van der Waals surface area contributed by atoms with Crippen LogP contribution >= 0.6 is 0 Å². The molecular formula is C39H45N3O6. The second-order valence-electron chi connectivity index (χ2n) is 12.7. The van der Waals surface area contributed by atoms with Crippen molar-refractivity contribution < 1.29 is 29.6 Å². The maximum atomic E-state index is 11.6. The summed E-state index contributed by atoms with van der Waals surface area (Å²) in [6.07, 6.45) is 2.57. The minimum absolute atomic E-state index is 0.0981. The molecule has 5 N–H and O–H groups in total. The highest BCUT2D eigenvalue weighted by Gasteiger charge is 2.39. The monoisotopic (exact) mass is 651 g/mol. The van der Waals surface area contributed by atoms with Crippen LogP contribution in [0.1, 0.15) is 53.7 Å². The lowest BCUT2D eigenvalue weighted by Gasteiger charge is -2.43. The van der Waals surface area contributed by atoms with Gasteiger partial charge >= 0.3 is 0 Å². The Bertz CT molecular complexity index is 1690. The summed E-state index contributed by atoms with van der Waals surface area (Å²) in [5, 5.41) is 37.8. The van der Waals surface area contributed by atoms with E-state index in [0.717, 1.165) is 67.8 Å². The Labute approximate surface area is 282 Å². The number of benzene rings is 4. The van der Waals surface area contributed by atoms with Crippen molar-refractivity contribution in [1.82, 2.24) is 10.2 Å². The molecule has 4 aromatic rings. The SMILES string of the molecule is CCN1CCC(c2ccccc2)(c2cc(CCOc3ccc(CCNCC(O)c4ccc(O)c5c4OCC(=O)N5)cc3)ccc2O)CC1. The van der Waals surface area contributed by atoms with Crippen molar-refractivity contribution in [2.45, 2.75) is 44.1 Å². The predicted molar refractivity (Wildman–Crippen MR) is 186 cm³/mol. The molecule has 0 bridgehead atoms. The van der Waals surface area contributed by atoms with Crippen LogP contribution in [0.5, 0.6) is 23.0 Å². The number of aliphatic hydroxyl groups excluding tert-OH is 1. The zero-order valence-electron chi connectivity index (χ0n) is 27.5. The number of carbonyl (C=O) groups excluding carboxylic acids is 1. The second kappa shape index (κ2) is 15.1. The molecule has 2 heterocycles. The molecule has 9 nitrogen and oxygen atoms in total. The van der Waals surface area contributed by atoms with Gasteiger partial charge in [0.15, 0.2) is 12.4 Å². The number of hydrogen-bond acceptors (Lipinski definition) is 8. The second-order valence-corrected chi connectivity index (χ2v) is 12.7. The minimum atomic E-state index is -0.868. The molecule has 1 amide bonds. The van der Waals surface area contributed by atoms with Crippen LogP contribution in [0.25, 0.3) is 0 Å². The number of piperidine rings is 1. The number of fused-ring (bicyclic) bond motifs is 1. The van der Waals surface area contributed by atoms with E-state index in [1.165, 1.54) is 11.6 Å². The summed E-state index contributed by atoms with van der Waals surface area (Å²) in [6, 6.07) is 27.7. The molecule has 1 saturated heterocycles. The highest BCUT2D eigenvalue weighted by molar-refractivity contribution is 5.97. The number of hydrogen-bond donors (Lipinski definition) is 5. The van der Waals surface area contributed by atoms with Crippen molar-refractivity contribution in [3.8, 4) is 23.0 Å². The molecular weight excluding hydrogens is 606 g/mol. The topological polar surface area (TPSA) is 124 Å². The zero-order valence-corrected chi connectivity index (χ0v) is 27.5. The summed E-state index contributed by atoms with van der Waals surface area (Å²) < 4.78 is 11.6. The molecule has 0 aliphatic carbocycles. The number of anilines is 1. The highest BCUT2D eigenvalue weighted by atomic mass is 16.5. The smallest absolute Gasteiger partial charge is 0.262 e. The van der Waals surface area contributed by atoms with Gasteiger partial charge in [-0.1, -0.05) is 61.5 Å². The van der Waals surface area contributed by atoms with E-state index in [1.54, 1.807) is 6.07 Å². The number of amides is 1. The van der Waals surface area contributed by atoms with Crippen molar-refractivity contribution in [2.75, 3.05) is 51.3 Å². The van der Waals surface area contributed by atoms with E-state index in [4.69, 9.17) is 9.47 Å². The van der Waals surface area contributed by atoms with Gasteiger partial charge in [0.2, 0.25) is 0 Å². The molecule has 0 spiro atoms. The molecule has 9 heteroatoms. The quantitative estimate of drug-likeness (QED) is 0.0973. The molecule has 0 saturated carbocycles. The van der Waals surface area contributed by atoms with Crippen molar-refractivity contribution in [1.29, 1.82) is 0 Å². The zero-order chi connectivity index (χ0) is 33.5. The first-order valence-electron chi connectivity index (χ1n) is 16.9. The lowest BCUT2D eigenvalue weighted by atomic mass is 9.67. The third-order valence-corrected chi connectivity index (χ3v) is 9.71. The molecule has 6 rings (SSSR count). The van der Waals surface area contributed by atoms with Crippen LogP contribution in [0.2, 0.25) is 0 Å². The van der Waals surface area contributed by atoms with Crippen molar-refractivity contribution in [2.24, 2.45) is 0 Å². The Morgan fingerprint density at radius 1 is 0.938 bits per heavy atom. The van der Waals surface area contributed by atoms with E-state index in [-0.39, 0.29) is 29.4 Å². The largest absolute Gasteiger partial charge is 0.508 e. The lowest BCUT2D eigenvalue weighted by molar-refractivity contribution is -0.118. The first-order chi connectivity index (χ1) is 23.4. The standard InChI is InChI=1S/C39H45N3O6/c1-2-42-21-18-39(19-22-42,29-6-4-3-5-7-29)32-24-28(10-14-33(32)43)17-23-47-30-11-8-27(9-12-30)16-20-40-25-35(45)31-13-15-34(44)37-38(31)48-26-36(46)41-37/h3-15,24,35,40,43-45H,2,16-23,25-26H2,1H3,(H,41,46). The van der Waals surface area contributed by atoms with E-state index in [1.807, 2.05) is 42.5 Å². The van der Waals surface area contributed by atoms with Crippen LogP contribution < -0.4 is 20.1 Å². The predicted octanol–water partition coefficient (Wildman–Crippen LogP) is 5.32. The maximum Gasteiger partial charge on any atom is 0.262 e. The number of phenols is 2. The van der Waals surface area contributed by atoms with Crippen LogP contribution in [0, 0.1) is 0 Å². The molecule has 2 aliphatic heterocycles. The molecule has 1 unspecified atom stereocenters. The van der Waals surface area contributed by atoms with Crippen LogP contribution in [-0.2, 0) is 23.1 Å². The number of nitrogens with zero attached hydrogens (tertiary/aromatic N) is 1. The lowest BCUT2D eigenvalue weighted by Crippen LogP contribution is -2.43. The number of carbonyl (C=O) groups is 1. The maximum absolute atomic E-state index is 11.6. The van der Waals surface area contributed by atoms with Gasteiger partial charge < -0.3 is 40.3 Å². The van der Waals surface area contributed by atoms with E-state index in [2.05, 4.69) is 52.8 Å². The Hall–Kier alpha value is -4.57. The molecule has 48 heavy (non-hydrogen) atoms. The van der Waals surface area contributed by atoms with Gasteiger partial charge in [0.05, 0.1) is 12.7 Å². The first kappa shape index (κ1) is 33.3. The van der Waals surface area contributed by atoms with Crippen LogP contribution in [0.4, 0.5) is 5.69 Å². The third-order valence-electron chi connectivity index (χ3n) is 9.71. The van der Waals surface area contributed by atoms with Gasteiger partial charge in [-0.05, 0) is 92.5 Å². The van der Waals surface area contributed by atoms with Gasteiger partial charge in [0.25, 0.3) is 5.91 Å². The third kappa shape index (κ3) is 7.44. The van der Waals surface area contributed by atoms with Gasteiger partial charge in [0.1, 0.15) is 22.9 Å². The van der Waals surface area contributed by atoms with Gasteiger partial charge in [-0.2, -0.15) is 0 Å². The van der Waals surface area contributed by atoms with Crippen LogP contribution in [0.3, 0.4) is 0 Å². The normalized spacial score (nSPS) is 16.4. The fourth-order valence-electron chi connectivity index (χ4n) is 6.90. The Balaban J connectivity index is 0.998. The number of likely N-dealkylation sites (tertiary alicyclic amines) is 1. The van der Waals surface area contributed by atoms with Gasteiger partial charge in [-0.25, -0.2) is 0 Å². The molecule has 252 valence electrons. The highest BCUT2D eigenvalue weighted by Crippen LogP contribution is 2.45. The molecule has 4 aromatic carbocycles.